The van der Waals surface area contributed by atoms with Gasteiger partial charge in [0.05, 0.1) is 28.6 Å². The lowest BCUT2D eigenvalue weighted by molar-refractivity contribution is 0.0761. The number of pyridine rings is 1. The molecule has 0 bridgehead atoms. The molecule has 0 radical (unpaired) electrons. The molecule has 0 spiro atoms. The van der Waals surface area contributed by atoms with E-state index in [4.69, 9.17) is 0 Å². The topological polar surface area (TPSA) is 90.9 Å². The van der Waals surface area contributed by atoms with Crippen LogP contribution in [0.15, 0.2) is 72.9 Å². The van der Waals surface area contributed by atoms with Crippen molar-refractivity contribution >= 4 is 5.91 Å². The maximum absolute atomic E-state index is 15.0. The lowest BCUT2D eigenvalue weighted by atomic mass is 9.99. The van der Waals surface area contributed by atoms with E-state index < -0.39 is 23.4 Å². The first kappa shape index (κ1) is 21.9. The van der Waals surface area contributed by atoms with E-state index in [1.165, 1.54) is 30.3 Å². The van der Waals surface area contributed by atoms with Crippen LogP contribution in [0.3, 0.4) is 0 Å². The summed E-state index contributed by atoms with van der Waals surface area (Å²) in [6.45, 7) is 0. The molecule has 5 rings (SSSR count). The van der Waals surface area contributed by atoms with Crippen molar-refractivity contribution in [1.82, 2.24) is 20.5 Å². The van der Waals surface area contributed by atoms with Gasteiger partial charge in [0.15, 0.2) is 0 Å². The highest BCUT2D eigenvalue weighted by Crippen LogP contribution is 2.40. The molecule has 3 N–H and O–H groups in total. The highest BCUT2D eigenvalue weighted by Gasteiger charge is 2.48. The largest absolute Gasteiger partial charge is 0.388 e. The number of hydrogen-bond acceptors (Lipinski definition) is 4. The average molecular weight is 460 g/mol. The molecule has 0 aliphatic heterocycles. The van der Waals surface area contributed by atoms with Gasteiger partial charge in [-0.2, -0.15) is 5.10 Å². The van der Waals surface area contributed by atoms with Crippen LogP contribution in [0, 0.1) is 11.6 Å². The number of aromatic amines is 1. The number of carbonyl (C=O) groups excluding carboxylic acids is 1. The molecule has 34 heavy (non-hydrogen) atoms. The molecule has 0 saturated heterocycles. The van der Waals surface area contributed by atoms with Gasteiger partial charge in [-0.1, -0.05) is 12.1 Å². The van der Waals surface area contributed by atoms with E-state index in [2.05, 4.69) is 20.5 Å². The zero-order valence-electron chi connectivity index (χ0n) is 18.1. The second kappa shape index (κ2) is 8.79. The van der Waals surface area contributed by atoms with Crippen LogP contribution >= 0.6 is 0 Å². The van der Waals surface area contributed by atoms with Gasteiger partial charge in [-0.05, 0) is 67.4 Å². The van der Waals surface area contributed by atoms with E-state index >= 15 is 0 Å². The van der Waals surface area contributed by atoms with Crippen LogP contribution in [0.4, 0.5) is 8.78 Å². The SMILES string of the molecule is O=C(N[C@@H](Cc1ccccn1)C1(O)CC1)c1cccc(F)c1-c1cc(-c2ccc(F)cc2)n[nH]1. The smallest absolute Gasteiger partial charge is 0.252 e. The third-order valence-corrected chi connectivity index (χ3v) is 6.10. The zero-order valence-corrected chi connectivity index (χ0v) is 18.1. The van der Waals surface area contributed by atoms with Gasteiger partial charge in [-0.25, -0.2) is 8.78 Å². The molecule has 1 saturated carbocycles. The van der Waals surface area contributed by atoms with Gasteiger partial charge < -0.3 is 10.4 Å². The predicted octanol–water partition coefficient (Wildman–Crippen LogP) is 4.28. The van der Waals surface area contributed by atoms with E-state index in [1.54, 1.807) is 30.5 Å². The van der Waals surface area contributed by atoms with Gasteiger partial charge >= 0.3 is 0 Å². The quantitative estimate of drug-likeness (QED) is 0.384. The van der Waals surface area contributed by atoms with E-state index in [-0.39, 0.29) is 16.9 Å². The third kappa shape index (κ3) is 4.45. The lowest BCUT2D eigenvalue weighted by Crippen LogP contribution is -2.46. The van der Waals surface area contributed by atoms with Crippen molar-refractivity contribution in [3.63, 3.8) is 0 Å². The van der Waals surface area contributed by atoms with Crippen molar-refractivity contribution in [3.8, 4) is 22.5 Å². The summed E-state index contributed by atoms with van der Waals surface area (Å²) in [4.78, 5) is 17.6. The number of nitrogens with one attached hydrogen (secondary N) is 2. The summed E-state index contributed by atoms with van der Waals surface area (Å²) in [6.07, 6.45) is 3.16. The van der Waals surface area contributed by atoms with Crippen LogP contribution in [0.25, 0.3) is 22.5 Å². The average Bonchev–Trinajstić information content (AvgIpc) is 3.41. The predicted molar refractivity (Wildman–Crippen MR) is 123 cm³/mol. The van der Waals surface area contributed by atoms with Crippen molar-refractivity contribution in [3.05, 3.63) is 95.8 Å². The first-order valence-corrected chi connectivity index (χ1v) is 11.0. The maximum Gasteiger partial charge on any atom is 0.252 e. The fraction of sp³-hybridized carbons (Fsp3) is 0.192. The first-order chi connectivity index (χ1) is 16.4. The van der Waals surface area contributed by atoms with Crippen molar-refractivity contribution in [2.75, 3.05) is 0 Å². The minimum Gasteiger partial charge on any atom is -0.388 e. The molecule has 1 aliphatic rings. The number of aromatic nitrogens is 3. The second-order valence-corrected chi connectivity index (χ2v) is 8.49. The first-order valence-electron chi connectivity index (χ1n) is 11.0. The number of rotatable bonds is 7. The molecule has 2 aromatic carbocycles. The van der Waals surface area contributed by atoms with Crippen LogP contribution < -0.4 is 5.32 Å². The third-order valence-electron chi connectivity index (χ3n) is 6.10. The molecule has 1 atom stereocenters. The van der Waals surface area contributed by atoms with Crippen LogP contribution in [0.5, 0.6) is 0 Å². The second-order valence-electron chi connectivity index (χ2n) is 8.49. The Morgan fingerprint density at radius 3 is 2.59 bits per heavy atom. The van der Waals surface area contributed by atoms with E-state index in [1.807, 2.05) is 12.1 Å². The van der Waals surface area contributed by atoms with Crippen LogP contribution in [-0.4, -0.2) is 37.8 Å². The molecular formula is C26H22F2N4O2. The summed E-state index contributed by atoms with van der Waals surface area (Å²) in [7, 11) is 0. The molecule has 2 aromatic heterocycles. The zero-order chi connectivity index (χ0) is 23.7. The van der Waals surface area contributed by atoms with Gasteiger partial charge in [-0.3, -0.25) is 14.9 Å². The summed E-state index contributed by atoms with van der Waals surface area (Å²) in [5.41, 5.74) is 1.37. The Balaban J connectivity index is 1.44. The molecule has 1 aliphatic carbocycles. The van der Waals surface area contributed by atoms with E-state index in [9.17, 15) is 18.7 Å². The van der Waals surface area contributed by atoms with Crippen molar-refractivity contribution in [1.29, 1.82) is 0 Å². The van der Waals surface area contributed by atoms with Gasteiger partial charge in [0.1, 0.15) is 11.6 Å². The summed E-state index contributed by atoms with van der Waals surface area (Å²) >= 11 is 0. The number of benzene rings is 2. The van der Waals surface area contributed by atoms with Gasteiger partial charge in [0.25, 0.3) is 5.91 Å². The monoisotopic (exact) mass is 460 g/mol. The standard InChI is InChI=1S/C26H22F2N4O2/c27-17-9-7-16(8-10-17)21-15-22(32-31-21)24-19(5-3-6-20(24)28)25(33)30-23(26(34)11-12-26)14-18-4-1-2-13-29-18/h1-10,13,15,23,34H,11-12,14H2,(H,30,33)(H,31,32)/t23-/m0/s1. The summed E-state index contributed by atoms with van der Waals surface area (Å²) < 4.78 is 28.2. The lowest BCUT2D eigenvalue weighted by Gasteiger charge is -2.24. The number of nitrogens with zero attached hydrogens (tertiary/aromatic N) is 2. The Kier molecular flexibility index (Phi) is 5.67. The minimum absolute atomic E-state index is 0.0697. The Labute approximate surface area is 194 Å². The van der Waals surface area contributed by atoms with Crippen molar-refractivity contribution in [2.45, 2.75) is 30.9 Å². The molecule has 1 amide bonds. The Morgan fingerprint density at radius 2 is 1.88 bits per heavy atom. The normalized spacial score (nSPS) is 15.0. The highest BCUT2D eigenvalue weighted by atomic mass is 19.1. The van der Waals surface area contributed by atoms with Crippen LogP contribution in [-0.2, 0) is 6.42 Å². The molecule has 172 valence electrons. The Hall–Kier alpha value is -3.91. The molecule has 2 heterocycles. The number of amides is 1. The van der Waals surface area contributed by atoms with E-state index in [0.717, 1.165) is 5.69 Å². The molecule has 6 nitrogen and oxygen atoms in total. The molecule has 8 heteroatoms. The maximum atomic E-state index is 15.0. The van der Waals surface area contributed by atoms with Crippen LogP contribution in [0.1, 0.15) is 28.9 Å². The summed E-state index contributed by atoms with van der Waals surface area (Å²) in [5, 5.41) is 20.7. The van der Waals surface area contributed by atoms with Crippen LogP contribution in [0.2, 0.25) is 0 Å². The number of carbonyl (C=O) groups is 1. The highest BCUT2D eigenvalue weighted by molar-refractivity contribution is 6.01. The fourth-order valence-corrected chi connectivity index (χ4v) is 4.02. The van der Waals surface area contributed by atoms with Gasteiger partial charge in [0.2, 0.25) is 0 Å². The van der Waals surface area contributed by atoms with Crippen molar-refractivity contribution < 1.29 is 18.7 Å². The van der Waals surface area contributed by atoms with Gasteiger partial charge in [-0.15, -0.1) is 0 Å². The molecular weight excluding hydrogens is 438 g/mol. The van der Waals surface area contributed by atoms with Crippen molar-refractivity contribution in [2.24, 2.45) is 0 Å². The van der Waals surface area contributed by atoms with Gasteiger partial charge in [0, 0.05) is 29.4 Å². The number of H-pyrrole nitrogens is 1. The van der Waals surface area contributed by atoms with E-state index in [0.29, 0.717) is 36.2 Å². The molecule has 0 unspecified atom stereocenters. The summed E-state index contributed by atoms with van der Waals surface area (Å²) in [6, 6.07) is 16.6. The molecule has 1 fully saturated rings. The summed E-state index contributed by atoms with van der Waals surface area (Å²) in [5.74, 6) is -1.47. The Bertz CT molecular complexity index is 1320. The number of aliphatic hydroxyl groups is 1. The Morgan fingerprint density at radius 1 is 1.09 bits per heavy atom. The molecule has 4 aromatic rings. The minimum atomic E-state index is -1.01. The number of halogens is 2. The fourth-order valence-electron chi connectivity index (χ4n) is 4.02. The number of hydrogen-bond donors (Lipinski definition) is 3.